The highest BCUT2D eigenvalue weighted by atomic mass is 35.5. The molecule has 3 aromatic carbocycles. The number of hydrogen-bond acceptors (Lipinski definition) is 6. The molecule has 1 aliphatic heterocycles. The number of rotatable bonds is 6. The molecule has 0 radical (unpaired) electrons. The summed E-state index contributed by atoms with van der Waals surface area (Å²) in [4.78, 5) is 31.5. The van der Waals surface area contributed by atoms with Crippen molar-refractivity contribution in [3.05, 3.63) is 132 Å². The second-order valence-electron chi connectivity index (χ2n) is 8.44. The minimum Gasteiger partial charge on any atom is -0.489 e. The van der Waals surface area contributed by atoms with Gasteiger partial charge in [-0.1, -0.05) is 83.6 Å². The predicted molar refractivity (Wildman–Crippen MR) is 144 cm³/mol. The zero-order chi connectivity index (χ0) is 25.9. The number of aromatic nitrogens is 1. The number of esters is 1. The van der Waals surface area contributed by atoms with Gasteiger partial charge in [0.25, 0.3) is 5.56 Å². The van der Waals surface area contributed by atoms with Crippen LogP contribution in [0.5, 0.6) is 5.75 Å². The number of thiazole rings is 1. The molecule has 2 heterocycles. The first-order valence-corrected chi connectivity index (χ1v) is 12.8. The highest BCUT2D eigenvalue weighted by molar-refractivity contribution is 7.07. The molecule has 1 aliphatic rings. The van der Waals surface area contributed by atoms with E-state index in [0.717, 1.165) is 16.7 Å². The number of methoxy groups -OCH3 is 1. The third-order valence-electron chi connectivity index (χ3n) is 6.05. The molecule has 0 saturated carbocycles. The molecular formula is C29H23ClN2O4S. The van der Waals surface area contributed by atoms with E-state index in [0.29, 0.717) is 38.0 Å². The molecule has 0 saturated heterocycles. The quantitative estimate of drug-likeness (QED) is 0.341. The number of benzene rings is 3. The maximum Gasteiger partial charge on any atom is 0.338 e. The van der Waals surface area contributed by atoms with Crippen LogP contribution in [0.15, 0.2) is 99.9 Å². The van der Waals surface area contributed by atoms with Crippen molar-refractivity contribution in [3.63, 3.8) is 0 Å². The standard InChI is InChI=1S/C29H23ClN2O4S/c1-18-25(28(34)35-2)26(20-10-4-3-5-11-20)32-27(33)24(37-29(32)31-18)16-19-9-8-13-22(15-19)36-17-21-12-6-7-14-23(21)30/h3-16,26H,17H2,1-2H3. The number of ether oxygens (including phenoxy) is 2. The van der Waals surface area contributed by atoms with E-state index in [1.54, 1.807) is 11.5 Å². The van der Waals surface area contributed by atoms with Crippen LogP contribution in [0.3, 0.4) is 0 Å². The second kappa shape index (κ2) is 10.6. The summed E-state index contributed by atoms with van der Waals surface area (Å²) in [6.45, 7) is 2.09. The molecule has 0 fully saturated rings. The van der Waals surface area contributed by atoms with E-state index in [4.69, 9.17) is 21.1 Å². The number of carbonyl (C=O) groups is 1. The summed E-state index contributed by atoms with van der Waals surface area (Å²) in [5, 5.41) is 0.648. The SMILES string of the molecule is COC(=O)C1=C(C)N=c2sc(=Cc3cccc(OCc4ccccc4Cl)c3)c(=O)n2C1c1ccccc1. The summed E-state index contributed by atoms with van der Waals surface area (Å²) >= 11 is 7.52. The van der Waals surface area contributed by atoms with Crippen molar-refractivity contribution in [2.24, 2.45) is 4.99 Å². The van der Waals surface area contributed by atoms with Gasteiger partial charge in [0.05, 0.1) is 29.0 Å². The Hall–Kier alpha value is -3.94. The Morgan fingerprint density at radius 1 is 1.08 bits per heavy atom. The van der Waals surface area contributed by atoms with E-state index < -0.39 is 12.0 Å². The molecule has 8 heteroatoms. The summed E-state index contributed by atoms with van der Waals surface area (Å²) < 4.78 is 13.1. The second-order valence-corrected chi connectivity index (χ2v) is 9.85. The minimum absolute atomic E-state index is 0.228. The van der Waals surface area contributed by atoms with Gasteiger partial charge in [0.2, 0.25) is 0 Å². The molecule has 1 atom stereocenters. The number of fused-ring (bicyclic) bond motifs is 1. The Morgan fingerprint density at radius 2 is 1.84 bits per heavy atom. The van der Waals surface area contributed by atoms with E-state index >= 15 is 0 Å². The average molecular weight is 531 g/mol. The van der Waals surface area contributed by atoms with E-state index in [1.165, 1.54) is 18.4 Å². The molecule has 1 unspecified atom stereocenters. The summed E-state index contributed by atoms with van der Waals surface area (Å²) in [5.74, 6) is 0.153. The Labute approximate surface area is 222 Å². The van der Waals surface area contributed by atoms with Crippen LogP contribution >= 0.6 is 22.9 Å². The van der Waals surface area contributed by atoms with Crippen molar-refractivity contribution in [1.82, 2.24) is 4.57 Å². The lowest BCUT2D eigenvalue weighted by Crippen LogP contribution is -2.39. The van der Waals surface area contributed by atoms with Gasteiger partial charge in [-0.3, -0.25) is 9.36 Å². The maximum absolute atomic E-state index is 13.7. The van der Waals surface area contributed by atoms with Crippen molar-refractivity contribution in [1.29, 1.82) is 0 Å². The van der Waals surface area contributed by atoms with E-state index in [9.17, 15) is 9.59 Å². The highest BCUT2D eigenvalue weighted by Crippen LogP contribution is 2.30. The molecule has 0 aliphatic carbocycles. The van der Waals surface area contributed by atoms with E-state index in [1.807, 2.05) is 84.9 Å². The van der Waals surface area contributed by atoms with Crippen molar-refractivity contribution in [3.8, 4) is 5.75 Å². The van der Waals surface area contributed by atoms with E-state index in [-0.39, 0.29) is 5.56 Å². The van der Waals surface area contributed by atoms with Gasteiger partial charge in [-0.15, -0.1) is 0 Å². The molecule has 6 nitrogen and oxygen atoms in total. The molecule has 0 amide bonds. The van der Waals surface area contributed by atoms with Gasteiger partial charge in [-0.2, -0.15) is 0 Å². The molecule has 0 spiro atoms. The zero-order valence-electron chi connectivity index (χ0n) is 20.2. The lowest BCUT2D eigenvalue weighted by molar-refractivity contribution is -0.136. The van der Waals surface area contributed by atoms with Gasteiger partial charge in [0.15, 0.2) is 4.80 Å². The molecule has 37 heavy (non-hydrogen) atoms. The van der Waals surface area contributed by atoms with Crippen LogP contribution in [-0.2, 0) is 16.1 Å². The monoisotopic (exact) mass is 530 g/mol. The van der Waals surface area contributed by atoms with Crippen LogP contribution in [0, 0.1) is 0 Å². The molecule has 0 bridgehead atoms. The van der Waals surface area contributed by atoms with E-state index in [2.05, 4.69) is 4.99 Å². The number of allylic oxidation sites excluding steroid dienone is 1. The fraction of sp³-hybridized carbons (Fsp3) is 0.138. The Kier molecular flexibility index (Phi) is 7.08. The molecular weight excluding hydrogens is 508 g/mol. The van der Waals surface area contributed by atoms with Crippen LogP contribution in [-0.4, -0.2) is 17.6 Å². The fourth-order valence-electron chi connectivity index (χ4n) is 4.27. The highest BCUT2D eigenvalue weighted by Gasteiger charge is 2.32. The summed E-state index contributed by atoms with van der Waals surface area (Å²) in [7, 11) is 1.33. The largest absolute Gasteiger partial charge is 0.489 e. The molecule has 4 aromatic rings. The Balaban J connectivity index is 1.54. The van der Waals surface area contributed by atoms with Gasteiger partial charge in [0, 0.05) is 10.6 Å². The lowest BCUT2D eigenvalue weighted by Gasteiger charge is -2.24. The summed E-state index contributed by atoms with van der Waals surface area (Å²) in [6, 6.07) is 23.8. The van der Waals surface area contributed by atoms with Gasteiger partial charge in [-0.25, -0.2) is 9.79 Å². The normalized spacial score (nSPS) is 15.2. The van der Waals surface area contributed by atoms with Crippen LogP contribution in [0.2, 0.25) is 5.02 Å². The van der Waals surface area contributed by atoms with Gasteiger partial charge < -0.3 is 9.47 Å². The van der Waals surface area contributed by atoms with Gasteiger partial charge >= 0.3 is 5.97 Å². The zero-order valence-corrected chi connectivity index (χ0v) is 21.8. The number of nitrogens with zero attached hydrogens (tertiary/aromatic N) is 2. The van der Waals surface area contributed by atoms with Crippen LogP contribution in [0.1, 0.15) is 29.7 Å². The third-order valence-corrected chi connectivity index (χ3v) is 7.40. The number of carbonyl (C=O) groups excluding carboxylic acids is 1. The first-order valence-electron chi connectivity index (χ1n) is 11.6. The molecule has 186 valence electrons. The summed E-state index contributed by atoms with van der Waals surface area (Å²) in [5.41, 5.74) is 3.16. The van der Waals surface area contributed by atoms with Gasteiger partial charge in [-0.05, 0) is 42.3 Å². The third kappa shape index (κ3) is 5.01. The summed E-state index contributed by atoms with van der Waals surface area (Å²) in [6.07, 6.45) is 1.81. The molecule has 5 rings (SSSR count). The van der Waals surface area contributed by atoms with Crippen molar-refractivity contribution < 1.29 is 14.3 Å². The first-order chi connectivity index (χ1) is 18.0. The first kappa shape index (κ1) is 24.7. The van der Waals surface area contributed by atoms with Crippen LogP contribution < -0.4 is 19.6 Å². The number of halogens is 1. The minimum atomic E-state index is -0.627. The molecule has 1 aromatic heterocycles. The Morgan fingerprint density at radius 3 is 2.59 bits per heavy atom. The maximum atomic E-state index is 13.7. The van der Waals surface area contributed by atoms with Crippen LogP contribution in [0.25, 0.3) is 6.08 Å². The lowest BCUT2D eigenvalue weighted by atomic mass is 9.96. The molecule has 0 N–H and O–H groups in total. The predicted octanol–water partition coefficient (Wildman–Crippen LogP) is 4.64. The topological polar surface area (TPSA) is 69.9 Å². The Bertz CT molecular complexity index is 1690. The van der Waals surface area contributed by atoms with Gasteiger partial charge in [0.1, 0.15) is 12.4 Å². The van der Waals surface area contributed by atoms with Crippen molar-refractivity contribution in [2.45, 2.75) is 19.6 Å². The van der Waals surface area contributed by atoms with Crippen molar-refractivity contribution >= 4 is 35.0 Å². The van der Waals surface area contributed by atoms with Crippen LogP contribution in [0.4, 0.5) is 0 Å². The smallest absolute Gasteiger partial charge is 0.338 e. The fourth-order valence-corrected chi connectivity index (χ4v) is 5.50. The average Bonchev–Trinajstić information content (AvgIpc) is 3.21. The van der Waals surface area contributed by atoms with Crippen molar-refractivity contribution in [2.75, 3.05) is 7.11 Å². The number of hydrogen-bond donors (Lipinski definition) is 0.